The lowest BCUT2D eigenvalue weighted by Crippen LogP contribution is -2.46. The number of carbonyl (C=O) groups is 3. The minimum atomic E-state index is -1.16. The molecular formula is C22H23N3O3. The number of nitrogens with one attached hydrogen (secondary N) is 1. The summed E-state index contributed by atoms with van der Waals surface area (Å²) in [6.07, 6.45) is 1.79. The van der Waals surface area contributed by atoms with E-state index in [0.29, 0.717) is 12.1 Å². The zero-order chi connectivity index (χ0) is 19.9. The second-order valence-corrected chi connectivity index (χ2v) is 7.59. The molecule has 6 heteroatoms. The number of para-hydroxylation sites is 1. The normalized spacial score (nSPS) is 21.5. The van der Waals surface area contributed by atoms with Crippen molar-refractivity contribution >= 4 is 23.5 Å². The molecule has 1 N–H and O–H groups in total. The van der Waals surface area contributed by atoms with Crippen LogP contribution in [0.1, 0.15) is 30.0 Å². The number of benzene rings is 2. The first-order valence-electron chi connectivity index (χ1n) is 9.50. The average molecular weight is 377 g/mol. The van der Waals surface area contributed by atoms with Crippen LogP contribution < -0.4 is 10.2 Å². The van der Waals surface area contributed by atoms with E-state index in [2.05, 4.69) is 5.32 Å². The van der Waals surface area contributed by atoms with E-state index in [-0.39, 0.29) is 12.5 Å². The third kappa shape index (κ3) is 2.95. The SMILES string of the molecule is Cc1ccc(C2(C)NC(=O)N(CC(=O)N3CCCc4ccccc43)C2=O)cc1. The molecule has 0 spiro atoms. The lowest BCUT2D eigenvalue weighted by molar-refractivity contribution is -0.134. The Balaban J connectivity index is 1.56. The smallest absolute Gasteiger partial charge is 0.319 e. The molecule has 4 rings (SSSR count). The molecule has 6 nitrogen and oxygen atoms in total. The van der Waals surface area contributed by atoms with Gasteiger partial charge in [-0.1, -0.05) is 48.0 Å². The van der Waals surface area contributed by atoms with Crippen LogP contribution >= 0.6 is 0 Å². The predicted octanol–water partition coefficient (Wildman–Crippen LogP) is 2.74. The number of nitrogens with zero attached hydrogens (tertiary/aromatic N) is 2. The molecule has 0 aromatic heterocycles. The summed E-state index contributed by atoms with van der Waals surface area (Å²) in [5, 5.41) is 2.76. The van der Waals surface area contributed by atoms with Crippen molar-refractivity contribution in [2.45, 2.75) is 32.2 Å². The van der Waals surface area contributed by atoms with E-state index in [1.165, 1.54) is 0 Å². The standard InChI is InChI=1S/C22H23N3O3/c1-15-9-11-17(12-10-15)22(2)20(27)25(21(28)23-22)14-19(26)24-13-5-7-16-6-3-4-8-18(16)24/h3-4,6,8-12H,5,7,13-14H2,1-2H3,(H,23,28). The van der Waals surface area contributed by atoms with E-state index in [9.17, 15) is 14.4 Å². The highest BCUT2D eigenvalue weighted by atomic mass is 16.2. The number of anilines is 1. The summed E-state index contributed by atoms with van der Waals surface area (Å²) in [5.41, 5.74) is 2.59. The maximum atomic E-state index is 13.1. The van der Waals surface area contributed by atoms with Gasteiger partial charge in [-0.25, -0.2) is 4.79 Å². The van der Waals surface area contributed by atoms with Crippen molar-refractivity contribution in [3.63, 3.8) is 0 Å². The second kappa shape index (κ2) is 6.78. The van der Waals surface area contributed by atoms with Crippen molar-refractivity contribution in [1.82, 2.24) is 10.2 Å². The van der Waals surface area contributed by atoms with E-state index in [4.69, 9.17) is 0 Å². The van der Waals surface area contributed by atoms with E-state index < -0.39 is 17.5 Å². The number of imide groups is 1. The topological polar surface area (TPSA) is 69.7 Å². The highest BCUT2D eigenvalue weighted by Crippen LogP contribution is 2.30. The van der Waals surface area contributed by atoms with E-state index in [1.54, 1.807) is 11.8 Å². The van der Waals surface area contributed by atoms with Gasteiger partial charge in [0.2, 0.25) is 5.91 Å². The lowest BCUT2D eigenvalue weighted by Gasteiger charge is -2.30. The zero-order valence-corrected chi connectivity index (χ0v) is 16.1. The van der Waals surface area contributed by atoms with Gasteiger partial charge in [0.25, 0.3) is 5.91 Å². The van der Waals surface area contributed by atoms with Crippen molar-refractivity contribution in [2.24, 2.45) is 0 Å². The Hall–Kier alpha value is -3.15. The summed E-state index contributed by atoms with van der Waals surface area (Å²) in [6.45, 7) is 3.97. The molecule has 0 aliphatic carbocycles. The Morgan fingerprint density at radius 2 is 1.82 bits per heavy atom. The fraction of sp³-hybridized carbons (Fsp3) is 0.318. The molecule has 2 aliphatic heterocycles. The molecule has 2 aromatic carbocycles. The van der Waals surface area contributed by atoms with Gasteiger partial charge in [0.05, 0.1) is 0 Å². The van der Waals surface area contributed by atoms with Crippen molar-refractivity contribution < 1.29 is 14.4 Å². The van der Waals surface area contributed by atoms with Gasteiger partial charge in [-0.2, -0.15) is 0 Å². The number of carbonyl (C=O) groups excluding carboxylic acids is 3. The highest BCUT2D eigenvalue weighted by Gasteiger charge is 2.49. The average Bonchev–Trinajstić information content (AvgIpc) is 2.92. The van der Waals surface area contributed by atoms with Crippen molar-refractivity contribution in [1.29, 1.82) is 0 Å². The number of hydrogen-bond donors (Lipinski definition) is 1. The van der Waals surface area contributed by atoms with Gasteiger partial charge < -0.3 is 10.2 Å². The Morgan fingerprint density at radius 1 is 1.11 bits per heavy atom. The summed E-state index contributed by atoms with van der Waals surface area (Å²) >= 11 is 0. The first-order chi connectivity index (χ1) is 13.4. The van der Waals surface area contributed by atoms with Gasteiger partial charge in [-0.3, -0.25) is 14.5 Å². The molecule has 144 valence electrons. The van der Waals surface area contributed by atoms with E-state index >= 15 is 0 Å². The molecule has 2 aromatic rings. The third-order valence-corrected chi connectivity index (χ3v) is 5.61. The Kier molecular flexibility index (Phi) is 4.41. The summed E-state index contributed by atoms with van der Waals surface area (Å²) in [6, 6.07) is 14.7. The Morgan fingerprint density at radius 3 is 2.57 bits per heavy atom. The van der Waals surface area contributed by atoms with E-state index in [1.807, 2.05) is 55.5 Å². The predicted molar refractivity (Wildman–Crippen MR) is 106 cm³/mol. The molecule has 4 amide bonds. The summed E-state index contributed by atoms with van der Waals surface area (Å²) < 4.78 is 0. The molecule has 28 heavy (non-hydrogen) atoms. The molecule has 1 saturated heterocycles. The maximum Gasteiger partial charge on any atom is 0.325 e. The molecule has 0 bridgehead atoms. The van der Waals surface area contributed by atoms with Gasteiger partial charge in [0.1, 0.15) is 12.1 Å². The zero-order valence-electron chi connectivity index (χ0n) is 16.1. The number of urea groups is 1. The van der Waals surface area contributed by atoms with Crippen LogP contribution in [0.3, 0.4) is 0 Å². The fourth-order valence-electron chi connectivity index (χ4n) is 3.94. The maximum absolute atomic E-state index is 13.1. The largest absolute Gasteiger partial charge is 0.325 e. The van der Waals surface area contributed by atoms with Crippen molar-refractivity contribution in [3.8, 4) is 0 Å². The molecule has 0 radical (unpaired) electrons. The van der Waals surface area contributed by atoms with Crippen LogP contribution in [0.15, 0.2) is 48.5 Å². The van der Waals surface area contributed by atoms with Crippen molar-refractivity contribution in [2.75, 3.05) is 18.0 Å². The third-order valence-electron chi connectivity index (χ3n) is 5.61. The minimum Gasteiger partial charge on any atom is -0.319 e. The molecule has 1 atom stereocenters. The lowest BCUT2D eigenvalue weighted by atomic mass is 9.91. The molecule has 1 fully saturated rings. The molecule has 1 unspecified atom stereocenters. The molecule has 2 aliphatic rings. The minimum absolute atomic E-state index is 0.246. The summed E-state index contributed by atoms with van der Waals surface area (Å²) in [7, 11) is 0. The number of hydrogen-bond acceptors (Lipinski definition) is 3. The first kappa shape index (κ1) is 18.2. The second-order valence-electron chi connectivity index (χ2n) is 7.59. The number of rotatable bonds is 3. The van der Waals surface area contributed by atoms with Crippen molar-refractivity contribution in [3.05, 3.63) is 65.2 Å². The van der Waals surface area contributed by atoms with Crippen LogP contribution in [0, 0.1) is 6.92 Å². The van der Waals surface area contributed by atoms with Crippen LogP contribution in [0.25, 0.3) is 0 Å². The van der Waals surface area contributed by atoms with Gasteiger partial charge >= 0.3 is 6.03 Å². The molecule has 0 saturated carbocycles. The summed E-state index contributed by atoms with van der Waals surface area (Å²) in [4.78, 5) is 41.2. The van der Waals surface area contributed by atoms with Gasteiger partial charge in [-0.15, -0.1) is 0 Å². The van der Waals surface area contributed by atoms with Crippen LogP contribution in [0.2, 0.25) is 0 Å². The van der Waals surface area contributed by atoms with Gasteiger partial charge in [0.15, 0.2) is 0 Å². The first-order valence-corrected chi connectivity index (χ1v) is 9.50. The van der Waals surface area contributed by atoms with Gasteiger partial charge in [0, 0.05) is 12.2 Å². The fourth-order valence-corrected chi connectivity index (χ4v) is 3.94. The number of fused-ring (bicyclic) bond motifs is 1. The summed E-state index contributed by atoms with van der Waals surface area (Å²) in [5.74, 6) is -0.649. The van der Waals surface area contributed by atoms with E-state index in [0.717, 1.165) is 34.6 Å². The van der Waals surface area contributed by atoms with Gasteiger partial charge in [-0.05, 0) is 43.9 Å². The van der Waals surface area contributed by atoms with Crippen LogP contribution in [-0.4, -0.2) is 35.8 Å². The van der Waals surface area contributed by atoms with Crippen LogP contribution in [0.5, 0.6) is 0 Å². The number of amides is 4. The highest BCUT2D eigenvalue weighted by molar-refractivity contribution is 6.10. The Labute approximate surface area is 164 Å². The quantitative estimate of drug-likeness (QED) is 0.836. The number of aryl methyl sites for hydroxylation is 2. The Bertz CT molecular complexity index is 954. The monoisotopic (exact) mass is 377 g/mol. The van der Waals surface area contributed by atoms with Crippen LogP contribution in [0.4, 0.5) is 10.5 Å². The van der Waals surface area contributed by atoms with Crippen LogP contribution in [-0.2, 0) is 21.5 Å². The molecular weight excluding hydrogens is 354 g/mol. The molecule has 2 heterocycles.